The third-order valence-electron chi connectivity index (χ3n) is 3.97. The van der Waals surface area contributed by atoms with Gasteiger partial charge in [-0.05, 0) is 38.0 Å². The van der Waals surface area contributed by atoms with Crippen LogP contribution in [-0.2, 0) is 11.3 Å². The fourth-order valence-corrected chi connectivity index (χ4v) is 2.32. The van der Waals surface area contributed by atoms with Gasteiger partial charge < -0.3 is 14.8 Å². The quantitative estimate of drug-likeness (QED) is 0.902. The van der Waals surface area contributed by atoms with Crippen molar-refractivity contribution in [2.24, 2.45) is 0 Å². The molecule has 0 saturated carbocycles. The van der Waals surface area contributed by atoms with E-state index in [9.17, 15) is 0 Å². The molecular weight excluding hydrogens is 240 g/mol. The molecule has 1 saturated heterocycles. The maximum absolute atomic E-state index is 9.08. The van der Waals surface area contributed by atoms with Crippen LogP contribution in [-0.4, -0.2) is 25.4 Å². The van der Waals surface area contributed by atoms with Crippen molar-refractivity contribution in [2.75, 3.05) is 13.7 Å². The number of rotatable bonds is 4. The van der Waals surface area contributed by atoms with Crippen LogP contribution in [0.1, 0.15) is 31.4 Å². The molecule has 0 amide bonds. The number of hydrogen-bond acceptors (Lipinski definition) is 4. The highest BCUT2D eigenvalue weighted by Gasteiger charge is 2.36. The van der Waals surface area contributed by atoms with Crippen LogP contribution < -0.4 is 10.1 Å². The van der Waals surface area contributed by atoms with Crippen LogP contribution in [0.25, 0.3) is 0 Å². The summed E-state index contributed by atoms with van der Waals surface area (Å²) in [4.78, 5) is 0. The number of nitrogens with one attached hydrogen (secondary N) is 1. The lowest BCUT2D eigenvalue weighted by Gasteiger charge is -2.29. The number of benzene rings is 1. The molecule has 1 aromatic carbocycles. The van der Waals surface area contributed by atoms with E-state index in [4.69, 9.17) is 14.7 Å². The molecule has 0 spiro atoms. The molecule has 1 heterocycles. The van der Waals surface area contributed by atoms with Crippen molar-refractivity contribution in [1.82, 2.24) is 5.32 Å². The monoisotopic (exact) mass is 260 g/mol. The second-order valence-corrected chi connectivity index (χ2v) is 5.18. The fraction of sp³-hybridized carbons (Fsp3) is 0.533. The summed E-state index contributed by atoms with van der Waals surface area (Å²) in [6.45, 7) is 5.80. The smallest absolute Gasteiger partial charge is 0.136 e. The van der Waals surface area contributed by atoms with Gasteiger partial charge in [-0.2, -0.15) is 5.26 Å². The largest absolute Gasteiger partial charge is 0.495 e. The molecular formula is C15H20N2O2. The lowest BCUT2D eigenvalue weighted by Crippen LogP contribution is -2.47. The van der Waals surface area contributed by atoms with Crippen LogP contribution in [0.3, 0.4) is 0 Å². The first-order valence-electron chi connectivity index (χ1n) is 6.53. The SMILES string of the molecule is COc1ccc(CNC2(C)CCOC2C)cc1C#N. The molecule has 1 fully saturated rings. The van der Waals surface area contributed by atoms with Gasteiger partial charge in [0.05, 0.1) is 18.8 Å². The molecule has 4 heteroatoms. The molecule has 102 valence electrons. The lowest BCUT2D eigenvalue weighted by atomic mass is 9.94. The Hall–Kier alpha value is -1.57. The van der Waals surface area contributed by atoms with E-state index >= 15 is 0 Å². The Morgan fingerprint density at radius 1 is 1.58 bits per heavy atom. The summed E-state index contributed by atoms with van der Waals surface area (Å²) in [5.41, 5.74) is 1.66. The molecule has 0 aromatic heterocycles. The Labute approximate surface area is 114 Å². The second kappa shape index (κ2) is 5.60. The minimum atomic E-state index is 0.00668. The number of methoxy groups -OCH3 is 1. The first-order valence-corrected chi connectivity index (χ1v) is 6.53. The predicted octanol–water partition coefficient (Wildman–Crippen LogP) is 2.22. The van der Waals surface area contributed by atoms with Crippen LogP contribution in [0, 0.1) is 11.3 Å². The predicted molar refractivity (Wildman–Crippen MR) is 73.0 cm³/mol. The summed E-state index contributed by atoms with van der Waals surface area (Å²) in [6, 6.07) is 7.85. The minimum Gasteiger partial charge on any atom is -0.495 e. The molecule has 2 atom stereocenters. The topological polar surface area (TPSA) is 54.3 Å². The van der Waals surface area contributed by atoms with E-state index in [2.05, 4.69) is 25.2 Å². The Morgan fingerprint density at radius 3 is 2.95 bits per heavy atom. The third-order valence-corrected chi connectivity index (χ3v) is 3.97. The van der Waals surface area contributed by atoms with Gasteiger partial charge >= 0.3 is 0 Å². The fourth-order valence-electron chi connectivity index (χ4n) is 2.32. The summed E-state index contributed by atoms with van der Waals surface area (Å²) < 4.78 is 10.7. The summed E-state index contributed by atoms with van der Waals surface area (Å²) in [5, 5.41) is 12.6. The normalized spacial score (nSPS) is 26.1. The van der Waals surface area contributed by atoms with Crippen molar-refractivity contribution in [3.05, 3.63) is 29.3 Å². The van der Waals surface area contributed by atoms with Crippen molar-refractivity contribution in [3.63, 3.8) is 0 Å². The highest BCUT2D eigenvalue weighted by Crippen LogP contribution is 2.26. The Balaban J connectivity index is 2.06. The van der Waals surface area contributed by atoms with Gasteiger partial charge in [-0.3, -0.25) is 0 Å². The average molecular weight is 260 g/mol. The molecule has 0 radical (unpaired) electrons. The molecule has 0 aliphatic carbocycles. The molecule has 1 aliphatic rings. The summed E-state index contributed by atoms with van der Waals surface area (Å²) in [5.74, 6) is 0.620. The lowest BCUT2D eigenvalue weighted by molar-refractivity contribution is 0.0881. The number of nitriles is 1. The zero-order chi connectivity index (χ0) is 13.9. The van der Waals surface area contributed by atoms with Crippen LogP contribution in [0.2, 0.25) is 0 Å². The number of nitrogens with zero attached hydrogens (tertiary/aromatic N) is 1. The highest BCUT2D eigenvalue weighted by atomic mass is 16.5. The van der Waals surface area contributed by atoms with E-state index in [1.54, 1.807) is 7.11 Å². The average Bonchev–Trinajstić information content (AvgIpc) is 2.76. The van der Waals surface area contributed by atoms with Gasteiger partial charge in [0.25, 0.3) is 0 Å². The van der Waals surface area contributed by atoms with Crippen molar-refractivity contribution in [3.8, 4) is 11.8 Å². The van der Waals surface area contributed by atoms with E-state index in [0.29, 0.717) is 11.3 Å². The van der Waals surface area contributed by atoms with Crippen LogP contribution >= 0.6 is 0 Å². The van der Waals surface area contributed by atoms with Gasteiger partial charge in [-0.25, -0.2) is 0 Å². The maximum Gasteiger partial charge on any atom is 0.136 e. The van der Waals surface area contributed by atoms with E-state index < -0.39 is 0 Å². The van der Waals surface area contributed by atoms with Crippen LogP contribution in [0.15, 0.2) is 18.2 Å². The van der Waals surface area contributed by atoms with Gasteiger partial charge in [-0.15, -0.1) is 0 Å². The molecule has 1 aromatic rings. The zero-order valence-electron chi connectivity index (χ0n) is 11.7. The van der Waals surface area contributed by atoms with E-state index in [1.807, 2.05) is 18.2 Å². The second-order valence-electron chi connectivity index (χ2n) is 5.18. The van der Waals surface area contributed by atoms with Gasteiger partial charge in [0.2, 0.25) is 0 Å². The number of ether oxygens (including phenoxy) is 2. The maximum atomic E-state index is 9.08. The minimum absolute atomic E-state index is 0.00668. The molecule has 1 N–H and O–H groups in total. The molecule has 0 bridgehead atoms. The number of hydrogen-bond donors (Lipinski definition) is 1. The van der Waals surface area contributed by atoms with Crippen LogP contribution in [0.4, 0.5) is 0 Å². The highest BCUT2D eigenvalue weighted by molar-refractivity contribution is 5.45. The van der Waals surface area contributed by atoms with Gasteiger partial charge in [0.1, 0.15) is 11.8 Å². The van der Waals surface area contributed by atoms with Crippen molar-refractivity contribution >= 4 is 0 Å². The van der Waals surface area contributed by atoms with Crippen molar-refractivity contribution in [1.29, 1.82) is 5.26 Å². The van der Waals surface area contributed by atoms with Crippen LogP contribution in [0.5, 0.6) is 5.75 Å². The molecule has 1 aliphatic heterocycles. The molecule has 19 heavy (non-hydrogen) atoms. The van der Waals surface area contributed by atoms with Gasteiger partial charge in [0, 0.05) is 18.7 Å². The summed E-state index contributed by atoms with van der Waals surface area (Å²) in [6.07, 6.45) is 1.22. The van der Waals surface area contributed by atoms with Gasteiger partial charge in [-0.1, -0.05) is 6.07 Å². The zero-order valence-corrected chi connectivity index (χ0v) is 11.7. The van der Waals surface area contributed by atoms with E-state index in [0.717, 1.165) is 25.1 Å². The van der Waals surface area contributed by atoms with Crippen molar-refractivity contribution in [2.45, 2.75) is 38.5 Å². The molecule has 2 rings (SSSR count). The Kier molecular flexibility index (Phi) is 4.08. The summed E-state index contributed by atoms with van der Waals surface area (Å²) >= 11 is 0. The molecule has 4 nitrogen and oxygen atoms in total. The molecule has 2 unspecified atom stereocenters. The standard InChI is InChI=1S/C15H20N2O2/c1-11-15(2,6-7-19-11)17-10-12-4-5-14(18-3)13(8-12)9-16/h4-5,8,11,17H,6-7,10H2,1-3H3. The van der Waals surface area contributed by atoms with Gasteiger partial charge in [0.15, 0.2) is 0 Å². The third kappa shape index (κ3) is 2.89. The first-order chi connectivity index (χ1) is 9.09. The van der Waals surface area contributed by atoms with E-state index in [-0.39, 0.29) is 11.6 Å². The Bertz CT molecular complexity index is 495. The summed E-state index contributed by atoms with van der Waals surface area (Å²) in [7, 11) is 1.58. The van der Waals surface area contributed by atoms with Crippen molar-refractivity contribution < 1.29 is 9.47 Å². The van der Waals surface area contributed by atoms with E-state index in [1.165, 1.54) is 0 Å². The Morgan fingerprint density at radius 2 is 2.37 bits per heavy atom. The first kappa shape index (κ1) is 13.9.